The maximum atomic E-state index is 12.0. The molecule has 2 aromatic carbocycles. The summed E-state index contributed by atoms with van der Waals surface area (Å²) < 4.78 is 11.5. The zero-order valence-electron chi connectivity index (χ0n) is 14.3. The van der Waals surface area contributed by atoms with Crippen molar-refractivity contribution in [1.82, 2.24) is 19.9 Å². The monoisotopic (exact) mass is 348 g/mol. The van der Waals surface area contributed by atoms with Gasteiger partial charge in [0.05, 0.1) is 0 Å². The number of aromatic nitrogens is 4. The Labute approximate surface area is 148 Å². The van der Waals surface area contributed by atoms with Crippen molar-refractivity contribution in [3.63, 3.8) is 0 Å². The van der Waals surface area contributed by atoms with Gasteiger partial charge in [0.25, 0.3) is 0 Å². The molecule has 0 atom stereocenters. The van der Waals surface area contributed by atoms with Crippen LogP contribution < -0.4 is 5.76 Å². The smallest absolute Gasteiger partial charge is 0.337 e. The average molecular weight is 348 g/mol. The lowest BCUT2D eigenvalue weighted by Crippen LogP contribution is -2.16. The highest BCUT2D eigenvalue weighted by Crippen LogP contribution is 2.19. The van der Waals surface area contributed by atoms with Crippen LogP contribution in [0.25, 0.3) is 22.8 Å². The van der Waals surface area contributed by atoms with Crippen LogP contribution in [-0.4, -0.2) is 19.9 Å². The third-order valence-electron chi connectivity index (χ3n) is 4.07. The summed E-state index contributed by atoms with van der Waals surface area (Å²) in [6.07, 6.45) is 0. The van der Waals surface area contributed by atoms with Crippen molar-refractivity contribution in [2.45, 2.75) is 20.4 Å². The van der Waals surface area contributed by atoms with Gasteiger partial charge >= 0.3 is 5.76 Å². The summed E-state index contributed by atoms with van der Waals surface area (Å²) in [6, 6.07) is 15.5. The summed E-state index contributed by atoms with van der Waals surface area (Å²) in [5.41, 5.74) is 3.89. The topological polar surface area (TPSA) is 87.0 Å². The van der Waals surface area contributed by atoms with E-state index in [0.717, 1.165) is 22.3 Å². The van der Waals surface area contributed by atoms with Gasteiger partial charge in [-0.05, 0) is 13.8 Å². The van der Waals surface area contributed by atoms with E-state index < -0.39 is 5.76 Å². The summed E-state index contributed by atoms with van der Waals surface area (Å²) in [4.78, 5) is 16.4. The molecule has 0 aliphatic rings. The number of hydrogen-bond donors (Lipinski definition) is 0. The van der Waals surface area contributed by atoms with Crippen LogP contribution in [0, 0.1) is 13.8 Å². The van der Waals surface area contributed by atoms with E-state index in [-0.39, 0.29) is 6.54 Å². The minimum absolute atomic E-state index is 0.0877. The molecule has 0 aliphatic carbocycles. The summed E-state index contributed by atoms with van der Waals surface area (Å²) in [5.74, 6) is 0.626. The molecule has 26 heavy (non-hydrogen) atoms. The molecule has 4 aromatic rings. The normalized spacial score (nSPS) is 11.0. The minimum atomic E-state index is -0.573. The fraction of sp³-hybridized carbons (Fsp3) is 0.158. The number of benzene rings is 2. The summed E-state index contributed by atoms with van der Waals surface area (Å²) >= 11 is 0. The van der Waals surface area contributed by atoms with Crippen molar-refractivity contribution in [3.8, 4) is 22.8 Å². The molecule has 0 N–H and O–H groups in total. The first kappa shape index (κ1) is 16.0. The SMILES string of the molecule is Cc1ccc(-c2noc(Cn3c(-c4ccc(C)cc4)noc3=O)n2)cc1. The van der Waals surface area contributed by atoms with Crippen LogP contribution in [0.15, 0.2) is 62.4 Å². The third kappa shape index (κ3) is 3.06. The fourth-order valence-corrected chi connectivity index (χ4v) is 2.59. The lowest BCUT2D eigenvalue weighted by molar-refractivity contribution is 0.354. The van der Waals surface area contributed by atoms with E-state index in [1.54, 1.807) is 0 Å². The maximum Gasteiger partial charge on any atom is 0.442 e. The maximum absolute atomic E-state index is 12.0. The van der Waals surface area contributed by atoms with Crippen molar-refractivity contribution in [1.29, 1.82) is 0 Å². The van der Waals surface area contributed by atoms with E-state index in [4.69, 9.17) is 9.05 Å². The van der Waals surface area contributed by atoms with Crippen LogP contribution in [0.5, 0.6) is 0 Å². The van der Waals surface area contributed by atoms with Gasteiger partial charge in [-0.15, -0.1) is 0 Å². The number of rotatable bonds is 4. The highest BCUT2D eigenvalue weighted by atomic mass is 16.5. The molecule has 0 radical (unpaired) electrons. The van der Waals surface area contributed by atoms with Crippen LogP contribution >= 0.6 is 0 Å². The van der Waals surface area contributed by atoms with Gasteiger partial charge in [0.2, 0.25) is 11.7 Å². The number of aryl methyl sites for hydroxylation is 2. The van der Waals surface area contributed by atoms with Gasteiger partial charge < -0.3 is 4.52 Å². The van der Waals surface area contributed by atoms with Gasteiger partial charge in [0, 0.05) is 11.1 Å². The Morgan fingerprint density at radius 1 is 0.846 bits per heavy atom. The van der Waals surface area contributed by atoms with Crippen molar-refractivity contribution in [3.05, 3.63) is 76.1 Å². The summed E-state index contributed by atoms with van der Waals surface area (Å²) in [7, 11) is 0. The largest absolute Gasteiger partial charge is 0.442 e. The van der Waals surface area contributed by atoms with E-state index in [2.05, 4.69) is 15.3 Å². The van der Waals surface area contributed by atoms with Crippen LogP contribution in [0.4, 0.5) is 0 Å². The molecule has 0 saturated heterocycles. The molecule has 4 rings (SSSR count). The van der Waals surface area contributed by atoms with Gasteiger partial charge in [0.1, 0.15) is 6.54 Å². The van der Waals surface area contributed by atoms with Crippen molar-refractivity contribution in [2.24, 2.45) is 0 Å². The zero-order chi connectivity index (χ0) is 18.1. The first-order valence-corrected chi connectivity index (χ1v) is 8.13. The standard InChI is InChI=1S/C19H16N4O3/c1-12-3-7-14(8-4-12)17-20-16(25-21-17)11-23-18(22-26-19(23)24)15-9-5-13(2)6-10-15/h3-10H,11H2,1-2H3. The molecular formula is C19H16N4O3. The van der Waals surface area contributed by atoms with E-state index >= 15 is 0 Å². The van der Waals surface area contributed by atoms with Gasteiger partial charge in [-0.3, -0.25) is 4.52 Å². The molecule has 0 spiro atoms. The molecule has 2 aromatic heterocycles. The molecule has 0 aliphatic heterocycles. The lowest BCUT2D eigenvalue weighted by Gasteiger charge is -2.02. The molecule has 0 bridgehead atoms. The second-order valence-electron chi connectivity index (χ2n) is 6.10. The first-order valence-electron chi connectivity index (χ1n) is 8.13. The first-order chi connectivity index (χ1) is 12.6. The predicted molar refractivity (Wildman–Crippen MR) is 94.5 cm³/mol. The minimum Gasteiger partial charge on any atom is -0.337 e. The van der Waals surface area contributed by atoms with Crippen LogP contribution in [0.3, 0.4) is 0 Å². The highest BCUT2D eigenvalue weighted by Gasteiger charge is 2.17. The molecule has 0 saturated carbocycles. The van der Waals surface area contributed by atoms with Gasteiger partial charge in [0.15, 0.2) is 5.82 Å². The predicted octanol–water partition coefficient (Wildman–Crippen LogP) is 3.22. The van der Waals surface area contributed by atoms with Crippen molar-refractivity contribution >= 4 is 0 Å². The Bertz CT molecular complexity index is 1090. The number of hydrogen-bond acceptors (Lipinski definition) is 6. The van der Waals surface area contributed by atoms with Crippen LogP contribution in [0.2, 0.25) is 0 Å². The highest BCUT2D eigenvalue weighted by molar-refractivity contribution is 5.56. The van der Waals surface area contributed by atoms with Gasteiger partial charge in [-0.25, -0.2) is 9.36 Å². The fourth-order valence-electron chi connectivity index (χ4n) is 2.59. The van der Waals surface area contributed by atoms with Gasteiger partial charge in [-0.1, -0.05) is 70.0 Å². The molecule has 2 heterocycles. The Hall–Kier alpha value is -3.48. The van der Waals surface area contributed by atoms with Crippen LogP contribution in [0.1, 0.15) is 17.0 Å². The molecule has 0 amide bonds. The van der Waals surface area contributed by atoms with Crippen molar-refractivity contribution in [2.75, 3.05) is 0 Å². The third-order valence-corrected chi connectivity index (χ3v) is 4.07. The second-order valence-corrected chi connectivity index (χ2v) is 6.10. The molecule has 0 fully saturated rings. The Balaban J connectivity index is 1.64. The molecular weight excluding hydrogens is 332 g/mol. The Morgan fingerprint density at radius 2 is 1.46 bits per heavy atom. The molecule has 130 valence electrons. The van der Waals surface area contributed by atoms with E-state index in [1.807, 2.05) is 62.4 Å². The number of nitrogens with zero attached hydrogens (tertiary/aromatic N) is 4. The van der Waals surface area contributed by atoms with E-state index in [0.29, 0.717) is 17.5 Å². The summed E-state index contributed by atoms with van der Waals surface area (Å²) in [5, 5.41) is 7.86. The molecule has 7 nitrogen and oxygen atoms in total. The molecule has 0 unspecified atom stereocenters. The van der Waals surface area contributed by atoms with E-state index in [9.17, 15) is 4.79 Å². The second kappa shape index (κ2) is 6.44. The van der Waals surface area contributed by atoms with E-state index in [1.165, 1.54) is 4.57 Å². The quantitative estimate of drug-likeness (QED) is 0.563. The Kier molecular flexibility index (Phi) is 3.96. The summed E-state index contributed by atoms with van der Waals surface area (Å²) in [6.45, 7) is 4.09. The Morgan fingerprint density at radius 3 is 2.12 bits per heavy atom. The lowest BCUT2D eigenvalue weighted by atomic mass is 10.1. The average Bonchev–Trinajstić information content (AvgIpc) is 3.25. The molecule has 7 heteroatoms. The van der Waals surface area contributed by atoms with Crippen molar-refractivity contribution < 1.29 is 9.05 Å². The zero-order valence-corrected chi connectivity index (χ0v) is 14.3. The van der Waals surface area contributed by atoms with Crippen LogP contribution in [-0.2, 0) is 6.54 Å². The van der Waals surface area contributed by atoms with Gasteiger partial charge in [-0.2, -0.15) is 4.98 Å².